The summed E-state index contributed by atoms with van der Waals surface area (Å²) in [6.45, 7) is 3.43. The van der Waals surface area contributed by atoms with Gasteiger partial charge in [0.05, 0.1) is 13.2 Å². The highest BCUT2D eigenvalue weighted by Crippen LogP contribution is 2.37. The zero-order chi connectivity index (χ0) is 28.2. The molecule has 4 rings (SSSR count). The van der Waals surface area contributed by atoms with E-state index < -0.39 is 0 Å². The third kappa shape index (κ3) is 8.57. The molecule has 0 aromatic heterocycles. The summed E-state index contributed by atoms with van der Waals surface area (Å²) < 4.78 is 12.1. The largest absolute Gasteiger partial charge is 0.494 e. The van der Waals surface area contributed by atoms with Crippen LogP contribution in [-0.2, 0) is 0 Å². The summed E-state index contributed by atoms with van der Waals surface area (Å²) in [5.74, 6) is 1.79. The van der Waals surface area contributed by atoms with Crippen molar-refractivity contribution in [1.29, 1.82) is 0 Å². The van der Waals surface area contributed by atoms with E-state index in [9.17, 15) is 0 Å². The Bertz CT molecular complexity index is 1210. The van der Waals surface area contributed by atoms with E-state index in [2.05, 4.69) is 147 Å². The van der Waals surface area contributed by atoms with E-state index in [1.165, 1.54) is 22.3 Å². The minimum Gasteiger partial charge on any atom is -0.494 e. The molecule has 0 N–H and O–H groups in total. The van der Waals surface area contributed by atoms with Gasteiger partial charge < -0.3 is 19.3 Å². The lowest BCUT2D eigenvalue weighted by molar-refractivity contribution is 0.281. The van der Waals surface area contributed by atoms with Gasteiger partial charge in [-0.2, -0.15) is 0 Å². The summed E-state index contributed by atoms with van der Waals surface area (Å²) in [7, 11) is 8.35. The van der Waals surface area contributed by atoms with Crippen molar-refractivity contribution in [2.45, 2.75) is 12.8 Å². The number of nitrogens with zero attached hydrogens (tertiary/aromatic N) is 2. The molecule has 0 spiro atoms. The molecule has 0 fully saturated rings. The molecule has 0 saturated heterocycles. The predicted octanol–water partition coefficient (Wildman–Crippen LogP) is 7.36. The van der Waals surface area contributed by atoms with E-state index in [1.54, 1.807) is 0 Å². The average Bonchev–Trinajstić information content (AvgIpc) is 2.98. The molecule has 0 aliphatic heterocycles. The third-order valence-electron chi connectivity index (χ3n) is 6.70. The lowest BCUT2D eigenvalue weighted by Crippen LogP contribution is -2.15. The Morgan fingerprint density at radius 1 is 0.450 bits per heavy atom. The molecule has 0 amide bonds. The maximum Gasteiger partial charge on any atom is 0.119 e. The van der Waals surface area contributed by atoms with Crippen molar-refractivity contribution in [3.8, 4) is 11.5 Å². The average molecular weight is 535 g/mol. The van der Waals surface area contributed by atoms with Crippen LogP contribution in [0.3, 0.4) is 0 Å². The Kier molecular flexibility index (Phi) is 11.0. The maximum atomic E-state index is 6.04. The van der Waals surface area contributed by atoms with E-state index in [0.717, 1.165) is 48.6 Å². The summed E-state index contributed by atoms with van der Waals surface area (Å²) in [4.78, 5) is 4.36. The van der Waals surface area contributed by atoms with Gasteiger partial charge in [-0.15, -0.1) is 0 Å². The van der Waals surface area contributed by atoms with Gasteiger partial charge in [0, 0.05) is 13.1 Å². The second-order valence-electron chi connectivity index (χ2n) is 10.5. The van der Waals surface area contributed by atoms with E-state index in [0.29, 0.717) is 13.2 Å². The second kappa shape index (κ2) is 15.1. The first-order valence-corrected chi connectivity index (χ1v) is 14.1. The van der Waals surface area contributed by atoms with Crippen molar-refractivity contribution < 1.29 is 9.47 Å². The molecule has 4 aromatic carbocycles. The molecule has 4 heteroatoms. The Balaban J connectivity index is 1.71. The number of benzene rings is 4. The van der Waals surface area contributed by atoms with Crippen LogP contribution in [0.5, 0.6) is 11.5 Å². The van der Waals surface area contributed by atoms with Crippen LogP contribution in [0.1, 0.15) is 35.1 Å². The van der Waals surface area contributed by atoms with Crippen molar-refractivity contribution in [2.75, 3.05) is 54.5 Å². The lowest BCUT2D eigenvalue weighted by Gasteiger charge is -2.19. The fourth-order valence-corrected chi connectivity index (χ4v) is 4.70. The first-order chi connectivity index (χ1) is 19.5. The number of hydrogen-bond donors (Lipinski definition) is 0. The summed E-state index contributed by atoms with van der Waals surface area (Å²) in [6.07, 6.45) is 1.99. The molecule has 0 unspecified atom stereocenters. The summed E-state index contributed by atoms with van der Waals surface area (Å²) in [5, 5.41) is 0. The van der Waals surface area contributed by atoms with Gasteiger partial charge in [-0.3, -0.25) is 0 Å². The Hall–Kier alpha value is -3.86. The minimum absolute atomic E-state index is 0.704. The summed E-state index contributed by atoms with van der Waals surface area (Å²) >= 11 is 0. The van der Waals surface area contributed by atoms with Gasteiger partial charge in [0.15, 0.2) is 0 Å². The van der Waals surface area contributed by atoms with Gasteiger partial charge in [0.25, 0.3) is 0 Å². The maximum absolute atomic E-state index is 6.04. The molecule has 40 heavy (non-hydrogen) atoms. The number of hydrogen-bond acceptors (Lipinski definition) is 4. The minimum atomic E-state index is 0.704. The molecule has 4 aromatic rings. The molecule has 4 nitrogen and oxygen atoms in total. The zero-order valence-corrected chi connectivity index (χ0v) is 24.3. The fourth-order valence-electron chi connectivity index (χ4n) is 4.70. The SMILES string of the molecule is CN(C)CCCOc1ccc(C(=C(c2ccccc2)c2ccccc2)c2ccc(OCCCN(C)C)cc2)cc1. The smallest absolute Gasteiger partial charge is 0.119 e. The fraction of sp³-hybridized carbons (Fsp3) is 0.278. The Morgan fingerprint density at radius 2 is 0.775 bits per heavy atom. The number of ether oxygens (including phenoxy) is 2. The van der Waals surface area contributed by atoms with Crippen LogP contribution < -0.4 is 9.47 Å². The van der Waals surface area contributed by atoms with Crippen LogP contribution in [0.2, 0.25) is 0 Å². The van der Waals surface area contributed by atoms with Crippen molar-refractivity contribution in [1.82, 2.24) is 9.80 Å². The quantitative estimate of drug-likeness (QED) is 0.125. The van der Waals surface area contributed by atoms with E-state index in [1.807, 2.05) is 0 Å². The molecule has 0 aliphatic carbocycles. The van der Waals surface area contributed by atoms with Crippen LogP contribution in [0.15, 0.2) is 109 Å². The molecule has 208 valence electrons. The molecule has 0 aliphatic rings. The summed E-state index contributed by atoms with van der Waals surface area (Å²) in [5.41, 5.74) is 7.01. The highest BCUT2D eigenvalue weighted by atomic mass is 16.5. The topological polar surface area (TPSA) is 24.9 Å². The van der Waals surface area contributed by atoms with Gasteiger partial charge in [-0.05, 0) is 98.7 Å². The number of rotatable bonds is 14. The van der Waals surface area contributed by atoms with Gasteiger partial charge >= 0.3 is 0 Å². The molecule has 0 heterocycles. The van der Waals surface area contributed by atoms with E-state index >= 15 is 0 Å². The second-order valence-corrected chi connectivity index (χ2v) is 10.5. The molecule has 0 radical (unpaired) electrons. The lowest BCUT2D eigenvalue weighted by atomic mass is 9.86. The van der Waals surface area contributed by atoms with Gasteiger partial charge in [-0.1, -0.05) is 84.9 Å². The molecule has 0 atom stereocenters. The van der Waals surface area contributed by atoms with Crippen LogP contribution in [0.25, 0.3) is 11.1 Å². The van der Waals surface area contributed by atoms with Crippen molar-refractivity contribution in [3.63, 3.8) is 0 Å². The Morgan fingerprint density at radius 3 is 1.10 bits per heavy atom. The Labute approximate surface area is 240 Å². The monoisotopic (exact) mass is 534 g/mol. The van der Waals surface area contributed by atoms with Crippen LogP contribution in [0, 0.1) is 0 Å². The van der Waals surface area contributed by atoms with E-state index in [-0.39, 0.29) is 0 Å². The van der Waals surface area contributed by atoms with Crippen LogP contribution in [0.4, 0.5) is 0 Å². The van der Waals surface area contributed by atoms with Crippen molar-refractivity contribution in [2.24, 2.45) is 0 Å². The molecule has 0 saturated carbocycles. The normalized spacial score (nSPS) is 11.1. The van der Waals surface area contributed by atoms with Crippen molar-refractivity contribution >= 4 is 11.1 Å². The molecular weight excluding hydrogens is 492 g/mol. The first-order valence-electron chi connectivity index (χ1n) is 14.1. The van der Waals surface area contributed by atoms with Crippen LogP contribution in [-0.4, -0.2) is 64.3 Å². The summed E-state index contributed by atoms with van der Waals surface area (Å²) in [6, 6.07) is 38.3. The highest BCUT2D eigenvalue weighted by molar-refractivity contribution is 6.04. The predicted molar refractivity (Wildman–Crippen MR) is 168 cm³/mol. The molecular formula is C36H42N2O2. The highest BCUT2D eigenvalue weighted by Gasteiger charge is 2.16. The van der Waals surface area contributed by atoms with Crippen molar-refractivity contribution in [3.05, 3.63) is 131 Å². The van der Waals surface area contributed by atoms with E-state index in [4.69, 9.17) is 9.47 Å². The first kappa shape index (κ1) is 29.1. The zero-order valence-electron chi connectivity index (χ0n) is 24.3. The third-order valence-corrected chi connectivity index (χ3v) is 6.70. The van der Waals surface area contributed by atoms with Gasteiger partial charge in [0.2, 0.25) is 0 Å². The van der Waals surface area contributed by atoms with Crippen LogP contribution >= 0.6 is 0 Å². The molecule has 0 bridgehead atoms. The van der Waals surface area contributed by atoms with Gasteiger partial charge in [-0.25, -0.2) is 0 Å². The van der Waals surface area contributed by atoms with Gasteiger partial charge in [0.1, 0.15) is 11.5 Å². The standard InChI is InChI=1S/C36H42N2O2/c1-37(2)25-11-27-39-33-21-17-31(18-22-33)36(32-19-23-34(24-20-32)40-28-12-26-38(3)4)35(29-13-7-5-8-14-29)30-15-9-6-10-16-30/h5-10,13-24H,11-12,25-28H2,1-4H3.